The van der Waals surface area contributed by atoms with Gasteiger partial charge in [0.1, 0.15) is 0 Å². The number of carbonyl (C=O) groups is 1. The molecule has 1 aromatic heterocycles. The number of benzene rings is 2. The fourth-order valence-electron chi connectivity index (χ4n) is 3.09. The molecule has 0 atom stereocenters. The van der Waals surface area contributed by atoms with Gasteiger partial charge in [0.2, 0.25) is 15.9 Å². The second kappa shape index (κ2) is 9.03. The first-order valence-corrected chi connectivity index (χ1v) is 11.9. The Morgan fingerprint density at radius 3 is 2.67 bits per heavy atom. The summed E-state index contributed by atoms with van der Waals surface area (Å²) in [6, 6.07) is 12.7. The number of thioether (sulfide) groups is 1. The molecule has 1 amide bonds. The lowest BCUT2D eigenvalue weighted by Crippen LogP contribution is -2.17. The van der Waals surface area contributed by atoms with Crippen LogP contribution in [0.5, 0.6) is 0 Å². The van der Waals surface area contributed by atoms with Gasteiger partial charge >= 0.3 is 0 Å². The monoisotopic (exact) mass is 444 g/mol. The zero-order valence-electron chi connectivity index (χ0n) is 17.0. The molecule has 7 nitrogen and oxygen atoms in total. The fourth-order valence-corrected chi connectivity index (χ4v) is 4.66. The molecule has 0 spiro atoms. The molecule has 30 heavy (non-hydrogen) atoms. The third kappa shape index (κ3) is 5.10. The predicted molar refractivity (Wildman–Crippen MR) is 120 cm³/mol. The number of imidazole rings is 1. The summed E-state index contributed by atoms with van der Waals surface area (Å²) in [6.45, 7) is 5.91. The quantitative estimate of drug-likeness (QED) is 0.541. The van der Waals surface area contributed by atoms with Crippen LogP contribution < -0.4 is 10.5 Å². The molecule has 3 aromatic rings. The van der Waals surface area contributed by atoms with E-state index in [1.54, 1.807) is 25.3 Å². The normalized spacial score (nSPS) is 11.6. The fraction of sp³-hybridized carbons (Fsp3) is 0.238. The van der Waals surface area contributed by atoms with Crippen molar-refractivity contribution >= 4 is 33.4 Å². The smallest absolute Gasteiger partial charge is 0.238 e. The molecule has 0 aliphatic carbocycles. The van der Waals surface area contributed by atoms with Gasteiger partial charge in [-0.05, 0) is 42.2 Å². The Hall–Kier alpha value is -2.62. The van der Waals surface area contributed by atoms with Crippen LogP contribution in [-0.2, 0) is 14.8 Å². The van der Waals surface area contributed by atoms with Gasteiger partial charge < -0.3 is 5.32 Å². The van der Waals surface area contributed by atoms with Crippen molar-refractivity contribution in [3.63, 3.8) is 0 Å². The molecule has 158 valence electrons. The topological polar surface area (TPSA) is 107 Å². The number of anilines is 1. The number of sulfonamides is 1. The van der Waals surface area contributed by atoms with Gasteiger partial charge in [-0.2, -0.15) is 0 Å². The minimum absolute atomic E-state index is 0.00575. The van der Waals surface area contributed by atoms with Crippen molar-refractivity contribution in [2.45, 2.75) is 36.7 Å². The highest BCUT2D eigenvalue weighted by molar-refractivity contribution is 7.99. The van der Waals surface area contributed by atoms with Crippen LogP contribution in [0.3, 0.4) is 0 Å². The van der Waals surface area contributed by atoms with E-state index >= 15 is 0 Å². The molecule has 0 aliphatic rings. The zero-order valence-corrected chi connectivity index (χ0v) is 18.6. The summed E-state index contributed by atoms with van der Waals surface area (Å²) in [5.41, 5.74) is 3.13. The molecule has 0 unspecified atom stereocenters. The van der Waals surface area contributed by atoms with E-state index in [4.69, 9.17) is 5.14 Å². The summed E-state index contributed by atoms with van der Waals surface area (Å²) in [5.74, 6) is 0.203. The Morgan fingerprint density at radius 2 is 1.97 bits per heavy atom. The predicted octanol–water partition coefficient (Wildman–Crippen LogP) is 3.68. The molecule has 9 heteroatoms. The number of carbonyl (C=O) groups excluding carboxylic acids is 1. The summed E-state index contributed by atoms with van der Waals surface area (Å²) in [5, 5.41) is 8.65. The molecule has 0 bridgehead atoms. The first-order chi connectivity index (χ1) is 14.2. The lowest BCUT2D eigenvalue weighted by molar-refractivity contribution is -0.113. The average molecular weight is 445 g/mol. The molecule has 0 saturated carbocycles. The third-order valence-electron chi connectivity index (χ3n) is 4.54. The second-order valence-electron chi connectivity index (χ2n) is 7.16. The molecule has 3 N–H and O–H groups in total. The summed E-state index contributed by atoms with van der Waals surface area (Å²) in [6.07, 6.45) is 3.58. The number of hydrogen-bond donors (Lipinski definition) is 2. The number of nitrogens with two attached hydrogens (primary N) is 1. The Bertz CT molecular complexity index is 1170. The van der Waals surface area contributed by atoms with Gasteiger partial charge in [0.05, 0.1) is 16.3 Å². The number of amides is 1. The van der Waals surface area contributed by atoms with E-state index in [9.17, 15) is 13.2 Å². The highest BCUT2D eigenvalue weighted by Crippen LogP contribution is 2.27. The standard InChI is InChI=1S/C21H24N4O3S2/c1-14(2)17-6-4-5-7-18(17)25-11-10-23-21(25)29-13-20(26)24-16-9-8-15(3)19(12-16)30(22,27)28/h4-12,14H,13H2,1-3H3,(H,24,26)(H2,22,27,28). The molecule has 0 saturated heterocycles. The molecular weight excluding hydrogens is 420 g/mol. The average Bonchev–Trinajstić information content (AvgIpc) is 3.15. The Morgan fingerprint density at radius 1 is 1.23 bits per heavy atom. The van der Waals surface area contributed by atoms with Gasteiger partial charge in [-0.3, -0.25) is 9.36 Å². The van der Waals surface area contributed by atoms with Gasteiger partial charge in [-0.1, -0.05) is 49.9 Å². The van der Waals surface area contributed by atoms with E-state index in [1.165, 1.54) is 23.4 Å². The molecule has 0 fully saturated rings. The first kappa shape index (κ1) is 22.1. The minimum Gasteiger partial charge on any atom is -0.325 e. The van der Waals surface area contributed by atoms with Gasteiger partial charge in [0.15, 0.2) is 5.16 Å². The highest BCUT2D eigenvalue weighted by atomic mass is 32.2. The Labute approximate surface area is 180 Å². The second-order valence-corrected chi connectivity index (χ2v) is 9.63. The Balaban J connectivity index is 1.73. The van der Waals surface area contributed by atoms with Crippen LogP contribution in [0.4, 0.5) is 5.69 Å². The lowest BCUT2D eigenvalue weighted by Gasteiger charge is -2.15. The number of aryl methyl sites for hydroxylation is 1. The van der Waals surface area contributed by atoms with Crippen LogP contribution in [0.2, 0.25) is 0 Å². The highest BCUT2D eigenvalue weighted by Gasteiger charge is 2.15. The van der Waals surface area contributed by atoms with Crippen molar-refractivity contribution in [2.75, 3.05) is 11.1 Å². The van der Waals surface area contributed by atoms with Crippen molar-refractivity contribution in [3.8, 4) is 5.69 Å². The van der Waals surface area contributed by atoms with Crippen molar-refractivity contribution in [3.05, 3.63) is 66.0 Å². The van der Waals surface area contributed by atoms with E-state index in [1.807, 2.05) is 29.0 Å². The summed E-state index contributed by atoms with van der Waals surface area (Å²) in [7, 11) is -3.86. The van der Waals surface area contributed by atoms with E-state index in [2.05, 4.69) is 30.2 Å². The van der Waals surface area contributed by atoms with E-state index < -0.39 is 10.0 Å². The third-order valence-corrected chi connectivity index (χ3v) is 6.56. The van der Waals surface area contributed by atoms with E-state index in [0.717, 1.165) is 5.69 Å². The maximum atomic E-state index is 12.4. The van der Waals surface area contributed by atoms with Crippen LogP contribution in [0.15, 0.2) is 64.9 Å². The van der Waals surface area contributed by atoms with Gasteiger partial charge in [-0.25, -0.2) is 18.5 Å². The lowest BCUT2D eigenvalue weighted by atomic mass is 10.0. The number of rotatable bonds is 7. The maximum absolute atomic E-state index is 12.4. The van der Waals surface area contributed by atoms with E-state index in [0.29, 0.717) is 22.3 Å². The SMILES string of the molecule is Cc1ccc(NC(=O)CSc2nccn2-c2ccccc2C(C)C)cc1S(N)(=O)=O. The van der Waals surface area contributed by atoms with Crippen molar-refractivity contribution in [2.24, 2.45) is 5.14 Å². The van der Waals surface area contributed by atoms with Crippen LogP contribution in [0, 0.1) is 6.92 Å². The van der Waals surface area contributed by atoms with Crippen molar-refractivity contribution in [1.82, 2.24) is 9.55 Å². The summed E-state index contributed by atoms with van der Waals surface area (Å²) < 4.78 is 25.3. The summed E-state index contributed by atoms with van der Waals surface area (Å²) >= 11 is 1.31. The summed E-state index contributed by atoms with van der Waals surface area (Å²) in [4.78, 5) is 16.8. The minimum atomic E-state index is -3.86. The van der Waals surface area contributed by atoms with Gasteiger partial charge in [0.25, 0.3) is 0 Å². The largest absolute Gasteiger partial charge is 0.325 e. The molecule has 3 rings (SSSR count). The van der Waals surface area contributed by atoms with Crippen molar-refractivity contribution < 1.29 is 13.2 Å². The first-order valence-electron chi connectivity index (χ1n) is 9.35. The molecular formula is C21H24N4O3S2. The molecule has 2 aromatic carbocycles. The molecule has 0 aliphatic heterocycles. The number of primary sulfonamides is 1. The van der Waals surface area contributed by atoms with Gasteiger partial charge in [0, 0.05) is 18.1 Å². The van der Waals surface area contributed by atoms with Crippen LogP contribution >= 0.6 is 11.8 Å². The number of aromatic nitrogens is 2. The van der Waals surface area contributed by atoms with Crippen LogP contribution in [-0.4, -0.2) is 29.6 Å². The molecule has 0 radical (unpaired) electrons. The van der Waals surface area contributed by atoms with Crippen LogP contribution in [0.25, 0.3) is 5.69 Å². The number of hydrogen-bond acceptors (Lipinski definition) is 5. The van der Waals surface area contributed by atoms with Gasteiger partial charge in [-0.15, -0.1) is 0 Å². The maximum Gasteiger partial charge on any atom is 0.238 e. The number of para-hydroxylation sites is 1. The zero-order chi connectivity index (χ0) is 21.9. The van der Waals surface area contributed by atoms with Crippen LogP contribution in [0.1, 0.15) is 30.9 Å². The van der Waals surface area contributed by atoms with Crippen molar-refractivity contribution in [1.29, 1.82) is 0 Å². The number of nitrogens with one attached hydrogen (secondary N) is 1. The number of nitrogens with zero attached hydrogens (tertiary/aromatic N) is 2. The van der Waals surface area contributed by atoms with E-state index in [-0.39, 0.29) is 16.6 Å². The molecule has 1 heterocycles. The Kier molecular flexibility index (Phi) is 6.64.